The van der Waals surface area contributed by atoms with Gasteiger partial charge in [-0.05, 0) is 60.6 Å². The Morgan fingerprint density at radius 3 is 2.59 bits per heavy atom. The Hall–Kier alpha value is -1.50. The molecule has 7 heteroatoms. The molecule has 1 heterocycles. The third kappa shape index (κ3) is 2.12. The number of rotatable bonds is 2. The second-order valence-electron chi connectivity index (χ2n) is 9.38. The van der Waals surface area contributed by atoms with E-state index in [1.165, 1.54) is 10.4 Å². The highest BCUT2D eigenvalue weighted by molar-refractivity contribution is 7.90. The number of hydrogen-bond acceptors (Lipinski definition) is 3. The molecule has 1 aromatic carbocycles. The highest BCUT2D eigenvalue weighted by Crippen LogP contribution is 2.70. The molecular formula is C20H23F2NO3S. The monoisotopic (exact) mass is 395 g/mol. The lowest BCUT2D eigenvalue weighted by atomic mass is 9.69. The molecule has 1 aromatic rings. The van der Waals surface area contributed by atoms with E-state index in [9.17, 15) is 22.0 Å². The minimum atomic E-state index is -3.64. The Balaban J connectivity index is 1.44. The second-order valence-corrected chi connectivity index (χ2v) is 11.2. The number of benzene rings is 1. The molecule has 2 bridgehead atoms. The molecule has 3 aliphatic carbocycles. The van der Waals surface area contributed by atoms with Crippen LogP contribution in [0, 0.1) is 34.3 Å². The van der Waals surface area contributed by atoms with Gasteiger partial charge in [-0.1, -0.05) is 19.9 Å². The zero-order valence-corrected chi connectivity index (χ0v) is 16.2. The molecule has 4 fully saturated rings. The summed E-state index contributed by atoms with van der Waals surface area (Å²) >= 11 is 0. The summed E-state index contributed by atoms with van der Waals surface area (Å²) in [6.07, 6.45) is 3.13. The predicted molar refractivity (Wildman–Crippen MR) is 95.2 cm³/mol. The SMILES string of the molecule is CC1(C)C2CCC13CS(=O)(=O)N(C(=O)[C@@H]1C[C@H]1c1ccc(F)c(F)c1)[C@@H]3C2. The largest absolute Gasteiger partial charge is 0.273 e. The molecule has 1 amide bonds. The summed E-state index contributed by atoms with van der Waals surface area (Å²) in [5, 5.41) is 0. The van der Waals surface area contributed by atoms with Gasteiger partial charge in [-0.15, -0.1) is 0 Å². The van der Waals surface area contributed by atoms with Crippen molar-refractivity contribution in [2.45, 2.75) is 51.5 Å². The van der Waals surface area contributed by atoms with Gasteiger partial charge in [0.05, 0.1) is 11.8 Å². The van der Waals surface area contributed by atoms with Crippen molar-refractivity contribution < 1.29 is 22.0 Å². The van der Waals surface area contributed by atoms with Crippen LogP contribution in [0.5, 0.6) is 0 Å². The van der Waals surface area contributed by atoms with E-state index in [0.717, 1.165) is 31.4 Å². The Bertz CT molecular complexity index is 960. The predicted octanol–water partition coefficient (Wildman–Crippen LogP) is 3.44. The number of halogens is 2. The Morgan fingerprint density at radius 2 is 1.93 bits per heavy atom. The fourth-order valence-corrected chi connectivity index (χ4v) is 8.91. The van der Waals surface area contributed by atoms with Gasteiger partial charge in [0.25, 0.3) is 0 Å². The first-order chi connectivity index (χ1) is 12.6. The molecule has 4 nitrogen and oxygen atoms in total. The van der Waals surface area contributed by atoms with Gasteiger partial charge in [-0.3, -0.25) is 4.79 Å². The maximum absolute atomic E-state index is 13.5. The smallest absolute Gasteiger partial charge is 0.240 e. The summed E-state index contributed by atoms with van der Waals surface area (Å²) in [5.74, 6) is -2.39. The Kier molecular flexibility index (Phi) is 3.32. The number of fused-ring (bicyclic) bond motifs is 1. The van der Waals surface area contributed by atoms with E-state index < -0.39 is 27.6 Å². The topological polar surface area (TPSA) is 54.5 Å². The fourth-order valence-electron chi connectivity index (χ4n) is 6.32. The van der Waals surface area contributed by atoms with Crippen LogP contribution in [-0.4, -0.2) is 30.4 Å². The lowest BCUT2D eigenvalue weighted by Gasteiger charge is -2.37. The van der Waals surface area contributed by atoms with Gasteiger partial charge in [0.1, 0.15) is 0 Å². The van der Waals surface area contributed by atoms with Gasteiger partial charge in [0, 0.05) is 11.3 Å². The second kappa shape index (κ2) is 5.10. The summed E-state index contributed by atoms with van der Waals surface area (Å²) in [6.45, 7) is 4.30. The molecule has 146 valence electrons. The Labute approximate surface area is 158 Å². The first-order valence-corrected chi connectivity index (χ1v) is 11.2. The standard InChI is InChI=1S/C20H23F2NO3S/c1-19(2)12-5-6-20(19)10-27(25,26)23(17(20)8-12)18(24)14-9-13(14)11-3-4-15(21)16(22)7-11/h3-4,7,12-14,17H,5-6,8-10H2,1-2H3/t12?,13-,14+,17+,20?/m0/s1. The Morgan fingerprint density at radius 1 is 1.19 bits per heavy atom. The van der Waals surface area contributed by atoms with Gasteiger partial charge in [0.2, 0.25) is 15.9 Å². The van der Waals surface area contributed by atoms with E-state index in [4.69, 9.17) is 0 Å². The number of hydrogen-bond donors (Lipinski definition) is 0. The van der Waals surface area contributed by atoms with Crippen molar-refractivity contribution in [2.75, 3.05) is 5.75 Å². The molecule has 1 aliphatic heterocycles. The zero-order chi connectivity index (χ0) is 19.4. The molecule has 27 heavy (non-hydrogen) atoms. The maximum atomic E-state index is 13.5. The van der Waals surface area contributed by atoms with E-state index >= 15 is 0 Å². The van der Waals surface area contributed by atoms with Crippen LogP contribution >= 0.6 is 0 Å². The lowest BCUT2D eigenvalue weighted by molar-refractivity contribution is -0.130. The molecule has 1 saturated heterocycles. The lowest BCUT2D eigenvalue weighted by Crippen LogP contribution is -2.44. The van der Waals surface area contributed by atoms with Crippen LogP contribution < -0.4 is 0 Å². The van der Waals surface area contributed by atoms with Crippen LogP contribution in [0.1, 0.15) is 51.0 Å². The highest BCUT2D eigenvalue weighted by Gasteiger charge is 2.73. The molecule has 3 saturated carbocycles. The molecular weight excluding hydrogens is 372 g/mol. The summed E-state index contributed by atoms with van der Waals surface area (Å²) in [7, 11) is -3.64. The van der Waals surface area contributed by atoms with E-state index in [2.05, 4.69) is 13.8 Å². The summed E-state index contributed by atoms with van der Waals surface area (Å²) in [6, 6.07) is 3.42. The van der Waals surface area contributed by atoms with Crippen molar-refractivity contribution >= 4 is 15.9 Å². The number of nitrogens with zero attached hydrogens (tertiary/aromatic N) is 1. The van der Waals surface area contributed by atoms with Crippen molar-refractivity contribution in [1.29, 1.82) is 0 Å². The maximum Gasteiger partial charge on any atom is 0.240 e. The highest BCUT2D eigenvalue weighted by atomic mass is 32.2. The minimum Gasteiger partial charge on any atom is -0.273 e. The summed E-state index contributed by atoms with van der Waals surface area (Å²) in [5.41, 5.74) is 0.147. The van der Waals surface area contributed by atoms with Crippen LogP contribution in [0.15, 0.2) is 18.2 Å². The minimum absolute atomic E-state index is 0.0580. The number of sulfonamides is 1. The van der Waals surface area contributed by atoms with Crippen molar-refractivity contribution in [3.63, 3.8) is 0 Å². The number of carbonyl (C=O) groups excluding carboxylic acids is 1. The average molecular weight is 395 g/mol. The van der Waals surface area contributed by atoms with Gasteiger partial charge < -0.3 is 0 Å². The average Bonchev–Trinajstić information content (AvgIpc) is 3.24. The van der Waals surface area contributed by atoms with Gasteiger partial charge in [-0.2, -0.15) is 0 Å². The first kappa shape index (κ1) is 17.6. The van der Waals surface area contributed by atoms with Gasteiger partial charge >= 0.3 is 0 Å². The summed E-state index contributed by atoms with van der Waals surface area (Å²) < 4.78 is 53.8. The molecule has 4 aliphatic rings. The van der Waals surface area contributed by atoms with E-state index in [1.807, 2.05) is 0 Å². The molecule has 5 atom stereocenters. The van der Waals surface area contributed by atoms with Crippen LogP contribution in [0.2, 0.25) is 0 Å². The van der Waals surface area contributed by atoms with Crippen molar-refractivity contribution in [3.8, 4) is 0 Å². The molecule has 0 aromatic heterocycles. The third-order valence-electron chi connectivity index (χ3n) is 8.11. The van der Waals surface area contributed by atoms with E-state index in [1.54, 1.807) is 0 Å². The van der Waals surface area contributed by atoms with Gasteiger partial charge in [0.15, 0.2) is 11.6 Å². The number of carbonyl (C=O) groups is 1. The van der Waals surface area contributed by atoms with Crippen LogP contribution in [0.3, 0.4) is 0 Å². The molecule has 5 rings (SSSR count). The summed E-state index contributed by atoms with van der Waals surface area (Å²) in [4.78, 5) is 13.2. The van der Waals surface area contributed by atoms with Crippen molar-refractivity contribution in [3.05, 3.63) is 35.4 Å². The van der Waals surface area contributed by atoms with Crippen LogP contribution in [0.4, 0.5) is 8.78 Å². The first-order valence-electron chi connectivity index (χ1n) is 9.59. The van der Waals surface area contributed by atoms with Crippen molar-refractivity contribution in [1.82, 2.24) is 4.31 Å². The molecule has 0 N–H and O–H groups in total. The van der Waals surface area contributed by atoms with Crippen molar-refractivity contribution in [2.24, 2.45) is 22.7 Å². The zero-order valence-electron chi connectivity index (χ0n) is 15.4. The van der Waals surface area contributed by atoms with Gasteiger partial charge in [-0.25, -0.2) is 21.5 Å². The fraction of sp³-hybridized carbons (Fsp3) is 0.650. The molecule has 2 unspecified atom stereocenters. The quantitative estimate of drug-likeness (QED) is 0.771. The number of amides is 1. The normalized spacial score (nSPS) is 40.2. The van der Waals surface area contributed by atoms with Crippen LogP contribution in [-0.2, 0) is 14.8 Å². The third-order valence-corrected chi connectivity index (χ3v) is 10.0. The van der Waals surface area contributed by atoms with E-state index in [0.29, 0.717) is 17.9 Å². The molecule has 0 radical (unpaired) electrons. The van der Waals surface area contributed by atoms with E-state index in [-0.39, 0.29) is 34.4 Å². The molecule has 1 spiro atoms. The van der Waals surface area contributed by atoms with Crippen LogP contribution in [0.25, 0.3) is 0 Å².